The van der Waals surface area contributed by atoms with Gasteiger partial charge < -0.3 is 14.6 Å². The molecule has 0 saturated carbocycles. The molecule has 0 saturated heterocycles. The number of carbonyl (C=O) groups is 1. The Morgan fingerprint density at radius 3 is 2.88 bits per heavy atom. The number of benzene rings is 1. The van der Waals surface area contributed by atoms with E-state index in [-0.39, 0.29) is 11.6 Å². The van der Waals surface area contributed by atoms with Crippen LogP contribution in [-0.4, -0.2) is 28.5 Å². The molecule has 3 rings (SSSR count). The van der Waals surface area contributed by atoms with Crippen LogP contribution in [0.3, 0.4) is 0 Å². The van der Waals surface area contributed by atoms with Gasteiger partial charge >= 0.3 is 5.69 Å². The molecule has 0 radical (unpaired) electrons. The number of H-pyrrole nitrogens is 2. The van der Waals surface area contributed by atoms with Crippen LogP contribution in [-0.2, 0) is 11.2 Å². The number of carbonyl (C=O) groups excluding carboxylic acids is 1. The van der Waals surface area contributed by atoms with E-state index in [1.165, 1.54) is 11.1 Å². The van der Waals surface area contributed by atoms with Gasteiger partial charge in [-0.2, -0.15) is 0 Å². The van der Waals surface area contributed by atoms with Crippen molar-refractivity contribution in [3.63, 3.8) is 0 Å². The van der Waals surface area contributed by atoms with E-state index in [0.29, 0.717) is 18.7 Å². The third-order valence-corrected chi connectivity index (χ3v) is 4.28. The average molecular weight is 343 g/mol. The second-order valence-corrected chi connectivity index (χ2v) is 6.05. The highest BCUT2D eigenvalue weighted by atomic mass is 16.5. The lowest BCUT2D eigenvalue weighted by atomic mass is 10.0. The number of nitrogens with one attached hydrogen (secondary N) is 2. The minimum absolute atomic E-state index is 0.139. The summed E-state index contributed by atoms with van der Waals surface area (Å²) >= 11 is 0. The minimum atomic E-state index is -0.641. The van der Waals surface area contributed by atoms with Crippen molar-refractivity contribution in [2.45, 2.75) is 38.7 Å². The third-order valence-electron chi connectivity index (χ3n) is 4.28. The largest absolute Gasteiger partial charge is 0.480 e. The first-order valence-corrected chi connectivity index (χ1v) is 8.48. The zero-order valence-electron chi connectivity index (χ0n) is 14.1. The Bertz CT molecular complexity index is 871. The van der Waals surface area contributed by atoms with Gasteiger partial charge in [0.2, 0.25) is 0 Å². The molecule has 1 aromatic heterocycles. The molecule has 1 amide bonds. The van der Waals surface area contributed by atoms with Gasteiger partial charge in [-0.3, -0.25) is 14.6 Å². The molecule has 1 aromatic carbocycles. The number of hydrogen-bond acceptors (Lipinski definition) is 4. The summed E-state index contributed by atoms with van der Waals surface area (Å²) in [4.78, 5) is 42.4. The van der Waals surface area contributed by atoms with Crippen molar-refractivity contribution >= 4 is 11.6 Å². The number of aromatic amines is 2. The fourth-order valence-corrected chi connectivity index (χ4v) is 2.94. The van der Waals surface area contributed by atoms with E-state index in [2.05, 4.69) is 9.97 Å². The lowest BCUT2D eigenvalue weighted by molar-refractivity contribution is -0.126. The predicted molar refractivity (Wildman–Crippen MR) is 94.1 cm³/mol. The molecule has 2 heterocycles. The van der Waals surface area contributed by atoms with Crippen molar-refractivity contribution in [2.24, 2.45) is 0 Å². The van der Waals surface area contributed by atoms with Gasteiger partial charge in [0.1, 0.15) is 11.4 Å². The number of rotatable bonds is 5. The summed E-state index contributed by atoms with van der Waals surface area (Å²) in [5, 5.41) is 0. The first-order valence-electron chi connectivity index (χ1n) is 8.48. The average Bonchev–Trinajstić information content (AvgIpc) is 2.62. The molecule has 1 unspecified atom stereocenters. The van der Waals surface area contributed by atoms with Gasteiger partial charge in [0.05, 0.1) is 0 Å². The maximum atomic E-state index is 13.0. The lowest BCUT2D eigenvalue weighted by Gasteiger charge is -2.30. The van der Waals surface area contributed by atoms with Gasteiger partial charge in [-0.05, 0) is 30.9 Å². The van der Waals surface area contributed by atoms with Crippen LogP contribution in [0, 0.1) is 0 Å². The Labute approximate surface area is 144 Å². The Morgan fingerprint density at radius 1 is 1.32 bits per heavy atom. The van der Waals surface area contributed by atoms with Gasteiger partial charge in [0.25, 0.3) is 11.5 Å². The van der Waals surface area contributed by atoms with E-state index in [1.807, 2.05) is 31.2 Å². The van der Waals surface area contributed by atoms with Crippen molar-refractivity contribution in [1.82, 2.24) is 9.97 Å². The van der Waals surface area contributed by atoms with Gasteiger partial charge in [-0.25, -0.2) is 4.79 Å². The van der Waals surface area contributed by atoms with Crippen LogP contribution in [0.5, 0.6) is 5.75 Å². The molecular formula is C18H21N3O4. The predicted octanol–water partition coefficient (Wildman–Crippen LogP) is 1.59. The molecule has 1 aliphatic heterocycles. The Balaban J connectivity index is 1.87. The number of aromatic nitrogens is 2. The molecule has 0 aliphatic carbocycles. The van der Waals surface area contributed by atoms with Gasteiger partial charge in [-0.15, -0.1) is 0 Å². The molecule has 2 N–H and O–H groups in total. The van der Waals surface area contributed by atoms with Crippen molar-refractivity contribution < 1.29 is 9.53 Å². The van der Waals surface area contributed by atoms with Crippen molar-refractivity contribution in [2.75, 3.05) is 11.4 Å². The van der Waals surface area contributed by atoms with Crippen LogP contribution in [0.25, 0.3) is 0 Å². The van der Waals surface area contributed by atoms with Crippen LogP contribution in [0.4, 0.5) is 5.69 Å². The maximum absolute atomic E-state index is 13.0. The van der Waals surface area contributed by atoms with Gasteiger partial charge in [0.15, 0.2) is 6.10 Å². The molecule has 1 aliphatic rings. The summed E-state index contributed by atoms with van der Waals surface area (Å²) in [6.07, 6.45) is 3.56. The van der Waals surface area contributed by atoms with Crippen LogP contribution < -0.4 is 20.9 Å². The van der Waals surface area contributed by atoms with E-state index in [1.54, 1.807) is 0 Å². The Hall–Kier alpha value is -2.83. The Morgan fingerprint density at radius 2 is 2.12 bits per heavy atom. The summed E-state index contributed by atoms with van der Waals surface area (Å²) in [6, 6.07) is 7.64. The fraction of sp³-hybridized carbons (Fsp3) is 0.389. The number of hydrogen-bond donors (Lipinski definition) is 2. The van der Waals surface area contributed by atoms with Gasteiger partial charge in [-0.1, -0.05) is 31.5 Å². The zero-order valence-corrected chi connectivity index (χ0v) is 14.1. The summed E-state index contributed by atoms with van der Waals surface area (Å²) in [5.74, 6) is 0.443. The number of nitrogens with zero attached hydrogens (tertiary/aromatic N) is 1. The number of fused-ring (bicyclic) bond motifs is 1. The monoisotopic (exact) mass is 343 g/mol. The highest BCUT2D eigenvalue weighted by Crippen LogP contribution is 2.28. The van der Waals surface area contributed by atoms with Crippen LogP contribution in [0.15, 0.2) is 40.1 Å². The first kappa shape index (κ1) is 17.0. The molecule has 0 fully saturated rings. The third kappa shape index (κ3) is 3.65. The molecule has 132 valence electrons. The molecule has 0 bridgehead atoms. The van der Waals surface area contributed by atoms with Crippen molar-refractivity contribution in [3.8, 4) is 5.75 Å². The summed E-state index contributed by atoms with van der Waals surface area (Å²) < 4.78 is 5.86. The van der Waals surface area contributed by atoms with Crippen LogP contribution >= 0.6 is 0 Å². The maximum Gasteiger partial charge on any atom is 0.325 e. The quantitative estimate of drug-likeness (QED) is 0.862. The van der Waals surface area contributed by atoms with E-state index < -0.39 is 17.4 Å². The summed E-state index contributed by atoms with van der Waals surface area (Å²) in [7, 11) is 0. The highest BCUT2D eigenvalue weighted by molar-refractivity contribution is 5.96. The Kier molecular flexibility index (Phi) is 5.02. The SMILES string of the molecule is CCCCN(C(=O)C1CCc2ccccc2O1)c1c[nH]c(=O)[nH]c1=O. The molecule has 7 nitrogen and oxygen atoms in total. The summed E-state index contributed by atoms with van der Waals surface area (Å²) in [5.41, 5.74) is 0.0398. The highest BCUT2D eigenvalue weighted by Gasteiger charge is 2.31. The number of amides is 1. The number of para-hydroxylation sites is 1. The fourth-order valence-electron chi connectivity index (χ4n) is 2.94. The second kappa shape index (κ2) is 7.38. The molecule has 7 heteroatoms. The van der Waals surface area contributed by atoms with Crippen molar-refractivity contribution in [3.05, 3.63) is 56.9 Å². The van der Waals surface area contributed by atoms with Crippen LogP contribution in [0.1, 0.15) is 31.7 Å². The number of anilines is 1. The number of unbranched alkanes of at least 4 members (excludes halogenated alkanes) is 1. The lowest BCUT2D eigenvalue weighted by Crippen LogP contribution is -2.46. The van der Waals surface area contributed by atoms with E-state index in [9.17, 15) is 14.4 Å². The molecule has 2 aromatic rings. The van der Waals surface area contributed by atoms with Crippen LogP contribution in [0.2, 0.25) is 0 Å². The summed E-state index contributed by atoms with van der Waals surface area (Å²) in [6.45, 7) is 2.40. The zero-order chi connectivity index (χ0) is 17.8. The van der Waals surface area contributed by atoms with E-state index in [4.69, 9.17) is 4.74 Å². The van der Waals surface area contributed by atoms with Gasteiger partial charge in [0, 0.05) is 12.7 Å². The first-order chi connectivity index (χ1) is 12.1. The van der Waals surface area contributed by atoms with E-state index in [0.717, 1.165) is 24.8 Å². The molecule has 1 atom stereocenters. The van der Waals surface area contributed by atoms with Crippen molar-refractivity contribution in [1.29, 1.82) is 0 Å². The molecule has 0 spiro atoms. The minimum Gasteiger partial charge on any atom is -0.480 e. The second-order valence-electron chi connectivity index (χ2n) is 6.05. The topological polar surface area (TPSA) is 95.3 Å². The van der Waals surface area contributed by atoms with E-state index >= 15 is 0 Å². The normalized spacial score (nSPS) is 16.0. The number of aryl methyl sites for hydroxylation is 1. The molecule has 25 heavy (non-hydrogen) atoms. The smallest absolute Gasteiger partial charge is 0.325 e. The standard InChI is InChI=1S/C18H21N3O4/c1-2-3-10-21(13-11-19-18(24)20-16(13)22)17(23)15-9-8-12-6-4-5-7-14(12)25-15/h4-7,11,15H,2-3,8-10H2,1H3,(H2,19,20,22,24). The number of ether oxygens (including phenoxy) is 1. The molecular weight excluding hydrogens is 322 g/mol.